The number of carbonyl (C=O) groups excluding carboxylic acids is 4. The standard InChI is InChI=1S/C19H21N3O4/c20-17(24)14-8-3-4-9-15(14)21-16(23)10-5-11-22-18(25)12-6-1-2-7-13(12)19(22)26/h1-4,8-9,12-13H,5-7,10-11H2,(H2,20,24)(H,21,23)/t12-,13+. The largest absolute Gasteiger partial charge is 0.366 e. The van der Waals surface area contributed by atoms with E-state index in [1.807, 2.05) is 12.2 Å². The lowest BCUT2D eigenvalue weighted by molar-refractivity contribution is -0.140. The van der Waals surface area contributed by atoms with Gasteiger partial charge in [-0.2, -0.15) is 0 Å². The minimum Gasteiger partial charge on any atom is -0.366 e. The summed E-state index contributed by atoms with van der Waals surface area (Å²) in [4.78, 5) is 49.5. The fourth-order valence-corrected chi connectivity index (χ4v) is 3.51. The van der Waals surface area contributed by atoms with E-state index in [2.05, 4.69) is 5.32 Å². The molecule has 3 N–H and O–H groups in total. The van der Waals surface area contributed by atoms with Crippen molar-refractivity contribution in [3.05, 3.63) is 42.0 Å². The van der Waals surface area contributed by atoms with E-state index in [0.717, 1.165) is 0 Å². The summed E-state index contributed by atoms with van der Waals surface area (Å²) in [5, 5.41) is 2.65. The topological polar surface area (TPSA) is 110 Å². The number of amides is 4. The number of benzene rings is 1. The zero-order chi connectivity index (χ0) is 18.7. The quantitative estimate of drug-likeness (QED) is 0.594. The van der Waals surface area contributed by atoms with E-state index in [0.29, 0.717) is 24.9 Å². The molecule has 0 aromatic heterocycles. The van der Waals surface area contributed by atoms with Gasteiger partial charge in [-0.15, -0.1) is 0 Å². The number of anilines is 1. The Hall–Kier alpha value is -2.96. The Labute approximate surface area is 151 Å². The van der Waals surface area contributed by atoms with E-state index in [-0.39, 0.29) is 48.1 Å². The van der Waals surface area contributed by atoms with Crippen LogP contribution in [0.2, 0.25) is 0 Å². The van der Waals surface area contributed by atoms with E-state index in [1.165, 1.54) is 11.0 Å². The molecule has 1 aliphatic heterocycles. The van der Waals surface area contributed by atoms with E-state index >= 15 is 0 Å². The first-order chi connectivity index (χ1) is 12.5. The van der Waals surface area contributed by atoms with Crippen LogP contribution in [0.4, 0.5) is 5.69 Å². The fraction of sp³-hybridized carbons (Fsp3) is 0.368. The van der Waals surface area contributed by atoms with Crippen molar-refractivity contribution in [2.75, 3.05) is 11.9 Å². The predicted molar refractivity (Wildman–Crippen MR) is 94.9 cm³/mol. The predicted octanol–water partition coefficient (Wildman–Crippen LogP) is 1.46. The van der Waals surface area contributed by atoms with Gasteiger partial charge < -0.3 is 11.1 Å². The molecule has 1 aromatic carbocycles. The number of imide groups is 1. The van der Waals surface area contributed by atoms with Crippen LogP contribution in [0.5, 0.6) is 0 Å². The van der Waals surface area contributed by atoms with Crippen LogP contribution in [0.1, 0.15) is 36.0 Å². The number of hydrogen-bond acceptors (Lipinski definition) is 4. The highest BCUT2D eigenvalue weighted by molar-refractivity contribution is 6.05. The maximum absolute atomic E-state index is 12.4. The van der Waals surface area contributed by atoms with Gasteiger partial charge >= 0.3 is 0 Å². The summed E-state index contributed by atoms with van der Waals surface area (Å²) in [5.74, 6) is -1.68. The molecule has 1 fully saturated rings. The third-order valence-electron chi connectivity index (χ3n) is 4.85. The van der Waals surface area contributed by atoms with Gasteiger partial charge in [0, 0.05) is 13.0 Å². The Morgan fingerprint density at radius 3 is 2.31 bits per heavy atom. The molecule has 4 amide bonds. The van der Waals surface area contributed by atoms with Crippen molar-refractivity contribution in [1.82, 2.24) is 4.90 Å². The normalized spacial score (nSPS) is 21.6. The molecule has 7 nitrogen and oxygen atoms in total. The second-order valence-electron chi connectivity index (χ2n) is 6.55. The Bertz CT molecular complexity index is 761. The molecule has 136 valence electrons. The van der Waals surface area contributed by atoms with E-state index in [1.54, 1.807) is 18.2 Å². The number of likely N-dealkylation sites (tertiary alicyclic amines) is 1. The molecule has 2 aliphatic rings. The summed E-state index contributed by atoms with van der Waals surface area (Å²) < 4.78 is 0. The van der Waals surface area contributed by atoms with Gasteiger partial charge in [0.05, 0.1) is 23.1 Å². The number of nitrogens with two attached hydrogens (primary N) is 1. The zero-order valence-corrected chi connectivity index (χ0v) is 14.3. The summed E-state index contributed by atoms with van der Waals surface area (Å²) in [6, 6.07) is 6.49. The third kappa shape index (κ3) is 3.51. The molecule has 2 atom stereocenters. The monoisotopic (exact) mass is 355 g/mol. The number of hydrogen-bond donors (Lipinski definition) is 2. The number of carbonyl (C=O) groups is 4. The van der Waals surface area contributed by atoms with Gasteiger partial charge in [0.1, 0.15) is 0 Å². The Kier molecular flexibility index (Phi) is 5.16. The van der Waals surface area contributed by atoms with Crippen molar-refractivity contribution in [2.24, 2.45) is 17.6 Å². The molecule has 0 spiro atoms. The molecular weight excluding hydrogens is 334 g/mol. The van der Waals surface area contributed by atoms with Crippen LogP contribution in [0, 0.1) is 11.8 Å². The number of para-hydroxylation sites is 1. The number of primary amides is 1. The fourth-order valence-electron chi connectivity index (χ4n) is 3.51. The molecular formula is C19H21N3O4. The number of nitrogens with one attached hydrogen (secondary N) is 1. The van der Waals surface area contributed by atoms with Gasteiger partial charge in [0.25, 0.3) is 5.91 Å². The van der Waals surface area contributed by atoms with Gasteiger partial charge in [-0.25, -0.2) is 0 Å². The highest BCUT2D eigenvalue weighted by atomic mass is 16.2. The van der Waals surface area contributed by atoms with E-state index < -0.39 is 5.91 Å². The molecule has 1 heterocycles. The molecule has 7 heteroatoms. The number of nitrogens with zero attached hydrogens (tertiary/aromatic N) is 1. The smallest absolute Gasteiger partial charge is 0.250 e. The molecule has 0 unspecified atom stereocenters. The first-order valence-electron chi connectivity index (χ1n) is 8.68. The van der Waals surface area contributed by atoms with Gasteiger partial charge in [0.15, 0.2) is 0 Å². The maximum atomic E-state index is 12.4. The molecule has 0 bridgehead atoms. The summed E-state index contributed by atoms with van der Waals surface area (Å²) in [6.07, 6.45) is 5.61. The van der Waals surface area contributed by atoms with Gasteiger partial charge in [0.2, 0.25) is 17.7 Å². The van der Waals surface area contributed by atoms with Crippen molar-refractivity contribution in [1.29, 1.82) is 0 Å². The summed E-state index contributed by atoms with van der Waals surface area (Å²) in [7, 11) is 0. The van der Waals surface area contributed by atoms with E-state index in [9.17, 15) is 19.2 Å². The van der Waals surface area contributed by atoms with Gasteiger partial charge in [-0.1, -0.05) is 24.3 Å². The van der Waals surface area contributed by atoms with Crippen molar-refractivity contribution in [2.45, 2.75) is 25.7 Å². The molecule has 1 aliphatic carbocycles. The molecule has 3 rings (SSSR count). The summed E-state index contributed by atoms with van der Waals surface area (Å²) in [6.45, 7) is 0.232. The van der Waals surface area contributed by atoms with Crippen LogP contribution >= 0.6 is 0 Å². The minimum atomic E-state index is -0.620. The lowest BCUT2D eigenvalue weighted by Crippen LogP contribution is -2.32. The van der Waals surface area contributed by atoms with Crippen molar-refractivity contribution in [3.63, 3.8) is 0 Å². The first kappa shape index (κ1) is 17.8. The Morgan fingerprint density at radius 2 is 1.69 bits per heavy atom. The van der Waals surface area contributed by atoms with Gasteiger partial charge in [-0.3, -0.25) is 24.1 Å². The zero-order valence-electron chi connectivity index (χ0n) is 14.3. The number of rotatable bonds is 6. The highest BCUT2D eigenvalue weighted by Crippen LogP contribution is 2.35. The molecule has 1 saturated heterocycles. The molecule has 0 radical (unpaired) electrons. The minimum absolute atomic E-state index is 0.135. The van der Waals surface area contributed by atoms with Crippen LogP contribution in [-0.2, 0) is 14.4 Å². The molecule has 0 saturated carbocycles. The lowest BCUT2D eigenvalue weighted by atomic mass is 9.85. The lowest BCUT2D eigenvalue weighted by Gasteiger charge is -2.14. The van der Waals surface area contributed by atoms with Crippen molar-refractivity contribution < 1.29 is 19.2 Å². The SMILES string of the molecule is NC(=O)c1ccccc1NC(=O)CCCN1C(=O)[C@H]2CC=CC[C@H]2C1=O. The number of fused-ring (bicyclic) bond motifs is 1. The number of allylic oxidation sites excluding steroid dienone is 2. The summed E-state index contributed by atoms with van der Waals surface area (Å²) in [5.41, 5.74) is 5.88. The van der Waals surface area contributed by atoms with Crippen LogP contribution < -0.4 is 11.1 Å². The van der Waals surface area contributed by atoms with Crippen molar-refractivity contribution >= 4 is 29.3 Å². The average molecular weight is 355 g/mol. The van der Waals surface area contributed by atoms with Crippen LogP contribution in [0.15, 0.2) is 36.4 Å². The third-order valence-corrected chi connectivity index (χ3v) is 4.85. The van der Waals surface area contributed by atoms with Crippen LogP contribution in [0.25, 0.3) is 0 Å². The second-order valence-corrected chi connectivity index (χ2v) is 6.55. The van der Waals surface area contributed by atoms with E-state index in [4.69, 9.17) is 5.73 Å². The molecule has 1 aromatic rings. The van der Waals surface area contributed by atoms with Crippen LogP contribution in [0.3, 0.4) is 0 Å². The van der Waals surface area contributed by atoms with Gasteiger partial charge in [-0.05, 0) is 31.4 Å². The Balaban J connectivity index is 1.52. The van der Waals surface area contributed by atoms with Crippen LogP contribution in [-0.4, -0.2) is 35.1 Å². The maximum Gasteiger partial charge on any atom is 0.250 e. The van der Waals surface area contributed by atoms with Crippen molar-refractivity contribution in [3.8, 4) is 0 Å². The molecule has 26 heavy (non-hydrogen) atoms. The average Bonchev–Trinajstić information content (AvgIpc) is 2.87. The summed E-state index contributed by atoms with van der Waals surface area (Å²) >= 11 is 0. The highest BCUT2D eigenvalue weighted by Gasteiger charge is 2.46. The Morgan fingerprint density at radius 1 is 1.08 bits per heavy atom. The first-order valence-corrected chi connectivity index (χ1v) is 8.68. The second kappa shape index (κ2) is 7.51.